The summed E-state index contributed by atoms with van der Waals surface area (Å²) in [6.45, 7) is 0.300. The van der Waals surface area contributed by atoms with Gasteiger partial charge in [-0.15, -0.1) is 10.2 Å². The van der Waals surface area contributed by atoms with Crippen LogP contribution in [-0.2, 0) is 33.1 Å². The topological polar surface area (TPSA) is 157 Å². The summed E-state index contributed by atoms with van der Waals surface area (Å²) in [6, 6.07) is 31.0. The monoisotopic (exact) mass is 697 g/mol. The largest absolute Gasteiger partial charge is 0.415 e. The Hall–Kier alpha value is -4.99. The van der Waals surface area contributed by atoms with Crippen molar-refractivity contribution in [3.05, 3.63) is 132 Å². The second kappa shape index (κ2) is 15.7. The van der Waals surface area contributed by atoms with E-state index < -0.39 is 32.4 Å². The first-order valence-corrected chi connectivity index (χ1v) is 18.0. The fourth-order valence-corrected chi connectivity index (χ4v) is 6.20. The molecule has 0 saturated heterocycles. The number of rotatable bonds is 12. The highest BCUT2D eigenvalue weighted by atomic mass is 32.2. The average molecular weight is 698 g/mol. The molecule has 0 radical (unpaired) electrons. The number of nitrogens with zero attached hydrogens (tertiary/aromatic N) is 4. The number of alkyl halides is 2. The zero-order valence-electron chi connectivity index (χ0n) is 26.0. The van der Waals surface area contributed by atoms with Gasteiger partial charge in [0.05, 0.1) is 43.5 Å². The van der Waals surface area contributed by atoms with Gasteiger partial charge >= 0.3 is 6.43 Å². The van der Waals surface area contributed by atoms with E-state index in [4.69, 9.17) is 10.2 Å². The second-order valence-corrected chi connectivity index (χ2v) is 14.3. The van der Waals surface area contributed by atoms with E-state index in [1.54, 1.807) is 103 Å². The number of sulfonamides is 2. The molecule has 0 bridgehead atoms. The Labute approximate surface area is 277 Å². The fourth-order valence-electron chi connectivity index (χ4n) is 4.43. The maximum Gasteiger partial charge on any atom is 0.314 e. The van der Waals surface area contributed by atoms with E-state index in [2.05, 4.69) is 10.2 Å². The fraction of sp³-hybridized carbons (Fsp3) is 0.182. The van der Waals surface area contributed by atoms with Crippen LogP contribution >= 0.6 is 0 Å². The SMILES string of the molecule is CS(=O)(=O)N(Cc1ccc(-c2nnc(C(F)F)o2)cc1)c1ccccc1.CS(=O)(=O)N(Cc1ccc(C(=O)CN)cc1)c1ccccc1. The molecule has 2 N–H and O–H groups in total. The minimum Gasteiger partial charge on any atom is -0.415 e. The predicted molar refractivity (Wildman–Crippen MR) is 179 cm³/mol. The van der Waals surface area contributed by atoms with Gasteiger partial charge in [-0.05, 0) is 47.5 Å². The van der Waals surface area contributed by atoms with Crippen molar-refractivity contribution in [1.29, 1.82) is 0 Å². The number of carbonyl (C=O) groups excluding carboxylic acids is 1. The van der Waals surface area contributed by atoms with Gasteiger partial charge in [0.15, 0.2) is 5.78 Å². The molecule has 0 aliphatic rings. The Morgan fingerprint density at radius 1 is 0.708 bits per heavy atom. The highest BCUT2D eigenvalue weighted by molar-refractivity contribution is 7.92. The molecule has 0 fully saturated rings. The Balaban J connectivity index is 0.000000220. The molecular formula is C33H33F2N5O6S2. The molecule has 11 nitrogen and oxygen atoms in total. The van der Waals surface area contributed by atoms with Gasteiger partial charge in [0.25, 0.3) is 5.89 Å². The van der Waals surface area contributed by atoms with Crippen LogP contribution < -0.4 is 14.3 Å². The number of benzene rings is 4. The zero-order valence-corrected chi connectivity index (χ0v) is 27.6. The third kappa shape index (κ3) is 9.76. The predicted octanol–water partition coefficient (Wildman–Crippen LogP) is 5.43. The zero-order chi connectivity index (χ0) is 34.9. The van der Waals surface area contributed by atoms with Gasteiger partial charge in [-0.2, -0.15) is 8.78 Å². The first kappa shape index (κ1) is 35.9. The number of carbonyl (C=O) groups is 1. The summed E-state index contributed by atoms with van der Waals surface area (Å²) in [5.41, 5.74) is 8.99. The minimum atomic E-state index is -3.48. The number of aromatic nitrogens is 2. The minimum absolute atomic E-state index is 0.0186. The molecular weight excluding hydrogens is 665 g/mol. The van der Waals surface area contributed by atoms with Crippen molar-refractivity contribution in [3.63, 3.8) is 0 Å². The molecule has 0 amide bonds. The highest BCUT2D eigenvalue weighted by Crippen LogP contribution is 2.25. The number of Topliss-reactive ketones (excluding diaryl/α,β-unsaturated/α-hetero) is 1. The molecule has 0 saturated carbocycles. The molecule has 1 heterocycles. The number of ketones is 1. The smallest absolute Gasteiger partial charge is 0.314 e. The number of anilines is 2. The van der Waals surface area contributed by atoms with Crippen LogP contribution in [-0.4, -0.2) is 51.9 Å². The standard InChI is InChI=1S/C17H15F2N3O3S.C16H18N2O3S/c1-26(23,24)22(14-5-3-2-4-6-14)11-12-7-9-13(10-8-12)16-20-21-17(25-16)15(18)19;1-22(20,21)18(15-5-3-2-4-6-15)12-13-7-9-14(10-8-13)16(19)11-17/h2-10,15H,11H2,1H3;2-10H,11-12,17H2,1H3. The summed E-state index contributed by atoms with van der Waals surface area (Å²) >= 11 is 0. The summed E-state index contributed by atoms with van der Waals surface area (Å²) in [5.74, 6) is -0.902. The molecule has 15 heteroatoms. The van der Waals surface area contributed by atoms with Crippen molar-refractivity contribution < 1.29 is 34.8 Å². The van der Waals surface area contributed by atoms with E-state index >= 15 is 0 Å². The quantitative estimate of drug-likeness (QED) is 0.168. The van der Waals surface area contributed by atoms with Crippen LogP contribution in [0, 0.1) is 0 Å². The van der Waals surface area contributed by atoms with Crippen LogP contribution in [0.2, 0.25) is 0 Å². The van der Waals surface area contributed by atoms with Crippen molar-refractivity contribution in [2.45, 2.75) is 19.5 Å². The first-order valence-electron chi connectivity index (χ1n) is 14.3. The molecule has 4 aromatic carbocycles. The van der Waals surface area contributed by atoms with E-state index in [1.165, 1.54) is 14.9 Å². The van der Waals surface area contributed by atoms with E-state index in [1.807, 2.05) is 6.07 Å². The Morgan fingerprint density at radius 3 is 1.52 bits per heavy atom. The highest BCUT2D eigenvalue weighted by Gasteiger charge is 2.20. The Kier molecular flexibility index (Phi) is 11.8. The summed E-state index contributed by atoms with van der Waals surface area (Å²) in [6.07, 6.45) is -0.518. The van der Waals surface area contributed by atoms with Crippen molar-refractivity contribution >= 4 is 37.2 Å². The van der Waals surface area contributed by atoms with Gasteiger partial charge in [-0.1, -0.05) is 72.8 Å². The first-order chi connectivity index (χ1) is 22.8. The lowest BCUT2D eigenvalue weighted by atomic mass is 10.1. The Morgan fingerprint density at radius 2 is 1.15 bits per heavy atom. The van der Waals surface area contributed by atoms with Crippen LogP contribution in [0.15, 0.2) is 114 Å². The third-order valence-electron chi connectivity index (χ3n) is 6.83. The molecule has 0 aliphatic carbocycles. The number of hydrogen-bond donors (Lipinski definition) is 1. The molecule has 252 valence electrons. The normalized spacial score (nSPS) is 11.5. The van der Waals surface area contributed by atoms with Crippen LogP contribution in [0.4, 0.5) is 20.2 Å². The molecule has 48 heavy (non-hydrogen) atoms. The van der Waals surface area contributed by atoms with Crippen molar-refractivity contribution in [1.82, 2.24) is 10.2 Å². The van der Waals surface area contributed by atoms with E-state index in [-0.39, 0.29) is 31.3 Å². The Bertz CT molecular complexity index is 2010. The van der Waals surface area contributed by atoms with Gasteiger partial charge < -0.3 is 10.2 Å². The van der Waals surface area contributed by atoms with Crippen LogP contribution in [0.5, 0.6) is 0 Å². The number of halogens is 2. The van der Waals surface area contributed by atoms with Crippen LogP contribution in [0.25, 0.3) is 11.5 Å². The second-order valence-electron chi connectivity index (χ2n) is 10.5. The summed E-state index contributed by atoms with van der Waals surface area (Å²) in [7, 11) is -6.88. The van der Waals surface area contributed by atoms with Gasteiger partial charge in [-0.25, -0.2) is 16.8 Å². The number of hydrogen-bond acceptors (Lipinski definition) is 9. The molecule has 0 aliphatic heterocycles. The molecule has 1 aromatic heterocycles. The lowest BCUT2D eigenvalue weighted by Gasteiger charge is -2.22. The van der Waals surface area contributed by atoms with Crippen LogP contribution in [0.3, 0.4) is 0 Å². The molecule has 0 spiro atoms. The van der Waals surface area contributed by atoms with Gasteiger partial charge in [0.1, 0.15) is 0 Å². The van der Waals surface area contributed by atoms with Gasteiger partial charge in [-0.3, -0.25) is 13.4 Å². The molecule has 5 aromatic rings. The number of para-hydroxylation sites is 2. The van der Waals surface area contributed by atoms with Crippen molar-refractivity contribution in [3.8, 4) is 11.5 Å². The van der Waals surface area contributed by atoms with Gasteiger partial charge in [0.2, 0.25) is 25.9 Å². The third-order valence-corrected chi connectivity index (χ3v) is 9.11. The lowest BCUT2D eigenvalue weighted by molar-refractivity contribution is 0.100. The summed E-state index contributed by atoms with van der Waals surface area (Å²) in [5, 5.41) is 6.86. The van der Waals surface area contributed by atoms with Crippen LogP contribution in [0.1, 0.15) is 33.8 Å². The molecule has 0 unspecified atom stereocenters. The maximum atomic E-state index is 12.5. The molecule has 5 rings (SSSR count). The number of nitrogens with two attached hydrogens (primary N) is 1. The van der Waals surface area contributed by atoms with Gasteiger partial charge in [0, 0.05) is 11.1 Å². The molecule has 0 atom stereocenters. The van der Waals surface area contributed by atoms with Crippen molar-refractivity contribution in [2.24, 2.45) is 5.73 Å². The summed E-state index contributed by atoms with van der Waals surface area (Å²) < 4.78 is 80.8. The lowest BCUT2D eigenvalue weighted by Crippen LogP contribution is -2.29. The van der Waals surface area contributed by atoms with Crippen molar-refractivity contribution in [2.75, 3.05) is 27.7 Å². The van der Waals surface area contributed by atoms with E-state index in [9.17, 15) is 30.4 Å². The average Bonchev–Trinajstić information content (AvgIpc) is 3.57. The maximum absolute atomic E-state index is 12.5. The van der Waals surface area contributed by atoms with E-state index in [0.29, 0.717) is 22.5 Å². The summed E-state index contributed by atoms with van der Waals surface area (Å²) in [4.78, 5) is 11.5. The van der Waals surface area contributed by atoms with E-state index in [0.717, 1.165) is 17.4 Å².